The molecule has 0 unspecified atom stereocenters. The van der Waals surface area contributed by atoms with Crippen molar-refractivity contribution in [3.8, 4) is 5.75 Å². The second kappa shape index (κ2) is 4.00. The van der Waals surface area contributed by atoms with Crippen LogP contribution in [0.4, 0.5) is 0 Å². The van der Waals surface area contributed by atoms with Crippen LogP contribution in [0.25, 0.3) is 0 Å². The van der Waals surface area contributed by atoms with Gasteiger partial charge in [0.2, 0.25) is 0 Å². The summed E-state index contributed by atoms with van der Waals surface area (Å²) in [5.41, 5.74) is 1.05. The highest BCUT2D eigenvalue weighted by molar-refractivity contribution is 6.61. The van der Waals surface area contributed by atoms with E-state index in [2.05, 4.69) is 0 Å². The van der Waals surface area contributed by atoms with Crippen LogP contribution in [0.2, 0.25) is 5.02 Å². The van der Waals surface area contributed by atoms with Gasteiger partial charge in [-0.2, -0.15) is 0 Å². The number of hydrogen-bond donors (Lipinski definition) is 2. The molecule has 3 nitrogen and oxygen atoms in total. The Morgan fingerprint density at radius 3 is 2.38 bits per heavy atom. The van der Waals surface area contributed by atoms with Crippen LogP contribution in [0, 0.1) is 6.92 Å². The SMILES string of the molecule is COc1c(Cl)ccc(C)c1B(O)O. The van der Waals surface area contributed by atoms with Crippen molar-refractivity contribution >= 4 is 24.2 Å². The van der Waals surface area contributed by atoms with E-state index in [0.717, 1.165) is 5.56 Å². The Kier molecular flexibility index (Phi) is 3.19. The molecule has 13 heavy (non-hydrogen) atoms. The van der Waals surface area contributed by atoms with Crippen LogP contribution in [-0.2, 0) is 0 Å². The zero-order valence-corrected chi connectivity index (χ0v) is 8.17. The molecular weight excluding hydrogens is 190 g/mol. The van der Waals surface area contributed by atoms with E-state index in [9.17, 15) is 0 Å². The fourth-order valence-electron chi connectivity index (χ4n) is 1.20. The Bertz CT molecular complexity index is 315. The van der Waals surface area contributed by atoms with Gasteiger partial charge in [0.1, 0.15) is 5.75 Å². The van der Waals surface area contributed by atoms with Gasteiger partial charge in [0.15, 0.2) is 0 Å². The van der Waals surface area contributed by atoms with Gasteiger partial charge in [-0.1, -0.05) is 17.7 Å². The maximum atomic E-state index is 9.06. The molecule has 0 aromatic heterocycles. The van der Waals surface area contributed by atoms with E-state index in [1.807, 2.05) is 0 Å². The molecule has 0 aliphatic carbocycles. The molecule has 0 saturated heterocycles. The third-order valence-electron chi connectivity index (χ3n) is 1.83. The molecule has 0 aliphatic heterocycles. The maximum Gasteiger partial charge on any atom is 0.492 e. The predicted molar refractivity (Wildman–Crippen MR) is 52.6 cm³/mol. The van der Waals surface area contributed by atoms with Gasteiger partial charge in [-0.3, -0.25) is 0 Å². The largest absolute Gasteiger partial charge is 0.496 e. The Morgan fingerprint density at radius 1 is 1.38 bits per heavy atom. The molecule has 0 fully saturated rings. The van der Waals surface area contributed by atoms with Gasteiger partial charge in [0.05, 0.1) is 12.1 Å². The molecule has 0 spiro atoms. The van der Waals surface area contributed by atoms with Crippen molar-refractivity contribution in [2.45, 2.75) is 6.92 Å². The second-order valence-electron chi connectivity index (χ2n) is 2.68. The van der Waals surface area contributed by atoms with E-state index in [4.69, 9.17) is 26.4 Å². The summed E-state index contributed by atoms with van der Waals surface area (Å²) in [5, 5.41) is 18.5. The molecule has 0 aliphatic rings. The van der Waals surface area contributed by atoms with Crippen LogP contribution < -0.4 is 10.2 Å². The number of hydrogen-bond acceptors (Lipinski definition) is 3. The number of aryl methyl sites for hydroxylation is 1. The molecule has 1 rings (SSSR count). The Labute approximate surface area is 82.1 Å². The van der Waals surface area contributed by atoms with Gasteiger partial charge in [-0.15, -0.1) is 0 Å². The molecule has 70 valence electrons. The second-order valence-corrected chi connectivity index (χ2v) is 3.09. The van der Waals surface area contributed by atoms with Crippen LogP contribution in [-0.4, -0.2) is 24.3 Å². The summed E-state index contributed by atoms with van der Waals surface area (Å²) in [4.78, 5) is 0. The van der Waals surface area contributed by atoms with E-state index >= 15 is 0 Å². The average molecular weight is 200 g/mol. The predicted octanol–water partition coefficient (Wildman–Crippen LogP) is 0.337. The van der Waals surface area contributed by atoms with Crippen molar-refractivity contribution in [3.63, 3.8) is 0 Å². The lowest BCUT2D eigenvalue weighted by atomic mass is 9.76. The lowest BCUT2D eigenvalue weighted by Crippen LogP contribution is -2.33. The topological polar surface area (TPSA) is 49.7 Å². The Morgan fingerprint density at radius 2 is 2.00 bits per heavy atom. The molecule has 1 aromatic rings. The van der Waals surface area contributed by atoms with E-state index in [-0.39, 0.29) is 0 Å². The summed E-state index contributed by atoms with van der Waals surface area (Å²) in [6.07, 6.45) is 0. The highest BCUT2D eigenvalue weighted by Gasteiger charge is 2.21. The maximum absolute atomic E-state index is 9.06. The van der Waals surface area contributed by atoms with Crippen molar-refractivity contribution < 1.29 is 14.8 Å². The molecular formula is C8H10BClO3. The number of ether oxygens (including phenoxy) is 1. The monoisotopic (exact) mass is 200 g/mol. The third kappa shape index (κ3) is 1.96. The van der Waals surface area contributed by atoms with Gasteiger partial charge in [0, 0.05) is 5.46 Å². The zero-order chi connectivity index (χ0) is 10.0. The first-order chi connectivity index (χ1) is 6.07. The van der Waals surface area contributed by atoms with Crippen molar-refractivity contribution in [3.05, 3.63) is 22.7 Å². The molecule has 0 atom stereocenters. The molecule has 0 heterocycles. The first-order valence-electron chi connectivity index (χ1n) is 3.77. The summed E-state index contributed by atoms with van der Waals surface area (Å²) < 4.78 is 4.97. The summed E-state index contributed by atoms with van der Waals surface area (Å²) in [5.74, 6) is 0.316. The van der Waals surface area contributed by atoms with Gasteiger partial charge in [-0.05, 0) is 18.6 Å². The first kappa shape index (κ1) is 10.4. The Balaban J connectivity index is 3.35. The number of benzene rings is 1. The lowest BCUT2D eigenvalue weighted by molar-refractivity contribution is 0.403. The summed E-state index contributed by atoms with van der Waals surface area (Å²) >= 11 is 5.80. The number of halogens is 1. The minimum Gasteiger partial charge on any atom is -0.496 e. The van der Waals surface area contributed by atoms with Crippen molar-refractivity contribution in [1.82, 2.24) is 0 Å². The van der Waals surface area contributed by atoms with Gasteiger partial charge >= 0.3 is 7.12 Å². The van der Waals surface area contributed by atoms with Crippen molar-refractivity contribution in [2.75, 3.05) is 7.11 Å². The Hall–Kier alpha value is -0.705. The highest BCUT2D eigenvalue weighted by Crippen LogP contribution is 2.22. The average Bonchev–Trinajstić information content (AvgIpc) is 2.07. The zero-order valence-electron chi connectivity index (χ0n) is 7.41. The molecule has 0 saturated carbocycles. The standard InChI is InChI=1S/C8H10BClO3/c1-5-3-4-6(10)8(13-2)7(5)9(11)12/h3-4,11-12H,1-2H3. The molecule has 0 radical (unpaired) electrons. The van der Waals surface area contributed by atoms with Crippen molar-refractivity contribution in [1.29, 1.82) is 0 Å². The van der Waals surface area contributed by atoms with Crippen LogP contribution in [0.1, 0.15) is 5.56 Å². The van der Waals surface area contributed by atoms with E-state index in [0.29, 0.717) is 16.2 Å². The van der Waals surface area contributed by atoms with Crippen LogP contribution in [0.15, 0.2) is 12.1 Å². The quantitative estimate of drug-likeness (QED) is 0.677. The summed E-state index contributed by atoms with van der Waals surface area (Å²) in [6, 6.07) is 3.36. The minimum atomic E-state index is -1.56. The molecule has 0 bridgehead atoms. The van der Waals surface area contributed by atoms with Gasteiger partial charge in [0.25, 0.3) is 0 Å². The minimum absolute atomic E-state index is 0.315. The van der Waals surface area contributed by atoms with E-state index < -0.39 is 7.12 Å². The fourth-order valence-corrected chi connectivity index (χ4v) is 1.44. The van der Waals surface area contributed by atoms with Gasteiger partial charge < -0.3 is 14.8 Å². The summed E-state index contributed by atoms with van der Waals surface area (Å²) in [7, 11) is -0.124. The third-order valence-corrected chi connectivity index (χ3v) is 2.13. The van der Waals surface area contributed by atoms with Gasteiger partial charge in [-0.25, -0.2) is 0 Å². The fraction of sp³-hybridized carbons (Fsp3) is 0.250. The molecule has 1 aromatic carbocycles. The van der Waals surface area contributed by atoms with Crippen LogP contribution >= 0.6 is 11.6 Å². The number of rotatable bonds is 2. The first-order valence-corrected chi connectivity index (χ1v) is 4.15. The molecule has 2 N–H and O–H groups in total. The van der Waals surface area contributed by atoms with Crippen molar-refractivity contribution in [2.24, 2.45) is 0 Å². The number of methoxy groups -OCH3 is 1. The normalized spacial score (nSPS) is 9.92. The van der Waals surface area contributed by atoms with E-state index in [1.54, 1.807) is 19.1 Å². The summed E-state index contributed by atoms with van der Waals surface area (Å²) in [6.45, 7) is 1.76. The van der Waals surface area contributed by atoms with Crippen LogP contribution in [0.3, 0.4) is 0 Å². The molecule has 5 heteroatoms. The van der Waals surface area contributed by atoms with E-state index in [1.165, 1.54) is 7.11 Å². The van der Waals surface area contributed by atoms with Crippen LogP contribution in [0.5, 0.6) is 5.75 Å². The molecule has 0 amide bonds. The lowest BCUT2D eigenvalue weighted by Gasteiger charge is -2.11. The smallest absolute Gasteiger partial charge is 0.492 e. The highest BCUT2D eigenvalue weighted by atomic mass is 35.5.